The summed E-state index contributed by atoms with van der Waals surface area (Å²) in [7, 11) is 0. The SMILES string of the molecule is O=C([O-])c1cc(CC2CC2)ncn1.[Li+]. The standard InChI is InChI=1S/C9H10N2O2.Li/c12-9(13)8-4-7(10-5-11-8)3-6-1-2-6;/h4-6H,1-3H2,(H,12,13);/q;+1/p-1. The fraction of sp³-hybridized carbons (Fsp3) is 0.444. The maximum Gasteiger partial charge on any atom is 1.00 e. The minimum absolute atomic E-state index is 0. The maximum atomic E-state index is 10.5. The zero-order chi connectivity index (χ0) is 9.26. The summed E-state index contributed by atoms with van der Waals surface area (Å²) in [5, 5.41) is 10.5. The summed E-state index contributed by atoms with van der Waals surface area (Å²) < 4.78 is 0. The Morgan fingerprint density at radius 1 is 1.50 bits per heavy atom. The van der Waals surface area contributed by atoms with Crippen LogP contribution in [0.5, 0.6) is 0 Å². The van der Waals surface area contributed by atoms with Gasteiger partial charge in [0.15, 0.2) is 0 Å². The van der Waals surface area contributed by atoms with Gasteiger partial charge >= 0.3 is 18.9 Å². The van der Waals surface area contributed by atoms with Crippen molar-refractivity contribution in [3.63, 3.8) is 0 Å². The van der Waals surface area contributed by atoms with Crippen molar-refractivity contribution in [2.45, 2.75) is 19.3 Å². The van der Waals surface area contributed by atoms with Gasteiger partial charge in [0.25, 0.3) is 0 Å². The zero-order valence-corrected chi connectivity index (χ0v) is 8.06. The van der Waals surface area contributed by atoms with Crippen molar-refractivity contribution in [2.24, 2.45) is 5.92 Å². The molecule has 1 saturated carbocycles. The average molecular weight is 184 g/mol. The average Bonchev–Trinajstić information content (AvgIpc) is 2.89. The second-order valence-corrected chi connectivity index (χ2v) is 3.33. The van der Waals surface area contributed by atoms with Gasteiger partial charge in [-0.05, 0) is 31.2 Å². The van der Waals surface area contributed by atoms with Crippen LogP contribution in [0.15, 0.2) is 12.4 Å². The van der Waals surface area contributed by atoms with Gasteiger partial charge in [0.2, 0.25) is 0 Å². The third kappa shape index (κ3) is 2.83. The van der Waals surface area contributed by atoms with Crippen LogP contribution in [0.1, 0.15) is 29.0 Å². The van der Waals surface area contributed by atoms with Crippen molar-refractivity contribution in [3.05, 3.63) is 23.8 Å². The van der Waals surface area contributed by atoms with Gasteiger partial charge in [-0.1, -0.05) is 0 Å². The molecule has 1 heterocycles. The molecule has 0 amide bonds. The topological polar surface area (TPSA) is 65.9 Å². The molecule has 0 N–H and O–H groups in total. The molecule has 1 aliphatic rings. The van der Waals surface area contributed by atoms with E-state index in [1.54, 1.807) is 0 Å². The Morgan fingerprint density at radius 3 is 2.79 bits per heavy atom. The van der Waals surface area contributed by atoms with E-state index in [1.165, 1.54) is 25.2 Å². The van der Waals surface area contributed by atoms with E-state index < -0.39 is 5.97 Å². The van der Waals surface area contributed by atoms with Crippen LogP contribution in [0.4, 0.5) is 0 Å². The fourth-order valence-electron chi connectivity index (χ4n) is 1.24. The second-order valence-electron chi connectivity index (χ2n) is 3.33. The number of carboxylic acid groups (broad SMARTS) is 1. The van der Waals surface area contributed by atoms with Crippen molar-refractivity contribution in [3.8, 4) is 0 Å². The molecule has 1 aromatic rings. The predicted octanol–water partition coefficient (Wildman–Crippen LogP) is -3.20. The molecule has 0 radical (unpaired) electrons. The number of nitrogens with zero attached hydrogens (tertiary/aromatic N) is 2. The van der Waals surface area contributed by atoms with Crippen LogP contribution in [0.2, 0.25) is 0 Å². The Bertz CT molecular complexity index is 339. The number of aromatic nitrogens is 2. The summed E-state index contributed by atoms with van der Waals surface area (Å²) in [5.41, 5.74) is 0.780. The van der Waals surface area contributed by atoms with E-state index in [-0.39, 0.29) is 24.6 Å². The summed E-state index contributed by atoms with van der Waals surface area (Å²) >= 11 is 0. The zero-order valence-electron chi connectivity index (χ0n) is 8.06. The molecule has 0 bridgehead atoms. The molecular formula is C9H9LiN2O2. The van der Waals surface area contributed by atoms with Crippen molar-refractivity contribution in [2.75, 3.05) is 0 Å². The minimum Gasteiger partial charge on any atom is -0.543 e. The Morgan fingerprint density at radius 2 is 2.21 bits per heavy atom. The molecule has 4 nitrogen and oxygen atoms in total. The molecule has 1 aliphatic carbocycles. The number of aromatic carboxylic acids is 1. The van der Waals surface area contributed by atoms with Gasteiger partial charge < -0.3 is 9.90 Å². The molecule has 2 rings (SSSR count). The summed E-state index contributed by atoms with van der Waals surface area (Å²) in [6.07, 6.45) is 4.60. The second kappa shape index (κ2) is 4.58. The van der Waals surface area contributed by atoms with Crippen molar-refractivity contribution in [1.82, 2.24) is 9.97 Å². The first-order valence-electron chi connectivity index (χ1n) is 4.28. The van der Waals surface area contributed by atoms with E-state index in [1.807, 2.05) is 0 Å². The summed E-state index contributed by atoms with van der Waals surface area (Å²) in [4.78, 5) is 18.0. The normalized spacial score (nSPS) is 14.6. The van der Waals surface area contributed by atoms with Crippen LogP contribution in [-0.4, -0.2) is 15.9 Å². The van der Waals surface area contributed by atoms with Crippen LogP contribution < -0.4 is 24.0 Å². The van der Waals surface area contributed by atoms with Gasteiger partial charge in [0.1, 0.15) is 6.33 Å². The third-order valence-electron chi connectivity index (χ3n) is 2.13. The largest absolute Gasteiger partial charge is 1.00 e. The van der Waals surface area contributed by atoms with Crippen LogP contribution in [0.3, 0.4) is 0 Å². The summed E-state index contributed by atoms with van der Waals surface area (Å²) in [6.45, 7) is 0. The Balaban J connectivity index is 0.000000980. The molecule has 0 aliphatic heterocycles. The summed E-state index contributed by atoms with van der Waals surface area (Å²) in [5.74, 6) is -0.538. The van der Waals surface area contributed by atoms with Crippen molar-refractivity contribution < 1.29 is 28.8 Å². The Labute approximate surface area is 93.9 Å². The number of carbonyl (C=O) groups excluding carboxylic acids is 1. The minimum atomic E-state index is -1.24. The first kappa shape index (κ1) is 11.2. The van der Waals surface area contributed by atoms with Gasteiger partial charge in [-0.2, -0.15) is 0 Å². The number of hydrogen-bond donors (Lipinski definition) is 0. The molecule has 1 fully saturated rings. The molecule has 0 unspecified atom stereocenters. The smallest absolute Gasteiger partial charge is 0.543 e. The maximum absolute atomic E-state index is 10.5. The van der Waals surface area contributed by atoms with Crippen LogP contribution in [0.25, 0.3) is 0 Å². The quantitative estimate of drug-likeness (QED) is 0.464. The molecular weight excluding hydrogens is 175 g/mol. The molecule has 0 aromatic carbocycles. The monoisotopic (exact) mass is 184 g/mol. The number of carboxylic acids is 1. The van der Waals surface area contributed by atoms with Crippen LogP contribution in [-0.2, 0) is 6.42 Å². The molecule has 68 valence electrons. The van der Waals surface area contributed by atoms with E-state index in [4.69, 9.17) is 0 Å². The van der Waals surface area contributed by atoms with Crippen LogP contribution in [0, 0.1) is 5.92 Å². The van der Waals surface area contributed by atoms with Gasteiger partial charge in [-0.3, -0.25) is 0 Å². The van der Waals surface area contributed by atoms with Gasteiger partial charge in [-0.15, -0.1) is 0 Å². The van der Waals surface area contributed by atoms with Gasteiger partial charge in [0.05, 0.1) is 11.7 Å². The number of hydrogen-bond acceptors (Lipinski definition) is 4. The Hall–Kier alpha value is -0.853. The molecule has 5 heteroatoms. The molecule has 14 heavy (non-hydrogen) atoms. The first-order chi connectivity index (χ1) is 6.25. The van der Waals surface area contributed by atoms with Crippen molar-refractivity contribution >= 4 is 5.97 Å². The van der Waals surface area contributed by atoms with E-state index in [0.29, 0.717) is 5.92 Å². The van der Waals surface area contributed by atoms with Gasteiger partial charge in [-0.25, -0.2) is 9.97 Å². The third-order valence-corrected chi connectivity index (χ3v) is 2.13. The molecule has 0 saturated heterocycles. The fourth-order valence-corrected chi connectivity index (χ4v) is 1.24. The van der Waals surface area contributed by atoms with E-state index >= 15 is 0 Å². The van der Waals surface area contributed by atoms with Crippen molar-refractivity contribution in [1.29, 1.82) is 0 Å². The van der Waals surface area contributed by atoms with Gasteiger partial charge in [0, 0.05) is 5.69 Å². The number of rotatable bonds is 3. The summed E-state index contributed by atoms with van der Waals surface area (Å²) in [6, 6.07) is 1.49. The molecule has 0 atom stereocenters. The Kier molecular flexibility index (Phi) is 3.67. The van der Waals surface area contributed by atoms with E-state index in [0.717, 1.165) is 12.1 Å². The van der Waals surface area contributed by atoms with E-state index in [2.05, 4.69) is 9.97 Å². The van der Waals surface area contributed by atoms with E-state index in [9.17, 15) is 9.90 Å². The first-order valence-corrected chi connectivity index (χ1v) is 4.28. The molecule has 1 aromatic heterocycles. The molecule has 0 spiro atoms. The van der Waals surface area contributed by atoms with Crippen LogP contribution >= 0.6 is 0 Å². The number of carbonyl (C=O) groups is 1. The predicted molar refractivity (Wildman–Crippen MR) is 42.8 cm³/mol.